The quantitative estimate of drug-likeness (QED) is 0.376. The molecule has 2 aliphatic rings. The van der Waals surface area contributed by atoms with Crippen molar-refractivity contribution < 1.29 is 47.2 Å². The molecule has 1 fully saturated rings. The Balaban J connectivity index is 1.26. The molecule has 1 aromatic rings. The molecule has 1 saturated carbocycles. The van der Waals surface area contributed by atoms with E-state index in [9.17, 15) is 33.0 Å². The Kier molecular flexibility index (Phi) is 8.99. The molecule has 0 spiro atoms. The Morgan fingerprint density at radius 2 is 1.94 bits per heavy atom. The summed E-state index contributed by atoms with van der Waals surface area (Å²) in [6, 6.07) is 4.73. The minimum absolute atomic E-state index is 0.0371. The van der Waals surface area contributed by atoms with Gasteiger partial charge in [0.2, 0.25) is 5.91 Å². The van der Waals surface area contributed by atoms with Gasteiger partial charge in [-0.3, -0.25) is 14.3 Å². The first kappa shape index (κ1) is 26.5. The number of hydrogen-bond acceptors (Lipinski definition) is 7. The minimum atomic E-state index is -4.68. The number of aliphatic hydroxyl groups excluding tert-OH is 2. The van der Waals surface area contributed by atoms with E-state index in [-0.39, 0.29) is 45.4 Å². The molecule has 0 saturated heterocycles. The van der Waals surface area contributed by atoms with Crippen LogP contribution in [0.4, 0.5) is 13.2 Å². The van der Waals surface area contributed by atoms with Gasteiger partial charge in [-0.05, 0) is 24.6 Å². The summed E-state index contributed by atoms with van der Waals surface area (Å²) < 4.78 is 50.8. The molecule has 1 aromatic carbocycles. The summed E-state index contributed by atoms with van der Waals surface area (Å²) >= 11 is 5.91. The van der Waals surface area contributed by atoms with Gasteiger partial charge in [0.05, 0.1) is 24.4 Å². The number of alkyl halides is 3. The molecular weight excluding hydrogens is 485 g/mol. The van der Waals surface area contributed by atoms with Gasteiger partial charge in [-0.25, -0.2) is 0 Å². The number of hydrogen-bond donors (Lipinski definition) is 4. The van der Waals surface area contributed by atoms with E-state index >= 15 is 0 Å². The van der Waals surface area contributed by atoms with Crippen LogP contribution in [0.2, 0.25) is 5.02 Å². The maximum Gasteiger partial charge on any atom is 0.522 e. The van der Waals surface area contributed by atoms with Crippen LogP contribution in [0, 0.1) is 0 Å². The largest absolute Gasteiger partial charge is 0.522 e. The summed E-state index contributed by atoms with van der Waals surface area (Å²) in [5, 5.41) is 25.8. The molecule has 1 aliphatic heterocycles. The number of rotatable bonds is 10. The Morgan fingerprint density at radius 1 is 1.21 bits per heavy atom. The number of benzene rings is 1. The molecular formula is C21H26ClF3N2O7. The van der Waals surface area contributed by atoms with Crippen LogP contribution in [-0.2, 0) is 19.1 Å². The average Bonchev–Trinajstić information content (AvgIpc) is 2.73. The third kappa shape index (κ3) is 7.98. The molecule has 3 rings (SSSR count). The molecule has 34 heavy (non-hydrogen) atoms. The summed E-state index contributed by atoms with van der Waals surface area (Å²) in [6.45, 7) is -0.294. The van der Waals surface area contributed by atoms with Gasteiger partial charge < -0.3 is 30.3 Å². The van der Waals surface area contributed by atoms with E-state index < -0.39 is 48.7 Å². The van der Waals surface area contributed by atoms with Crippen molar-refractivity contribution in [3.63, 3.8) is 0 Å². The molecule has 2 amide bonds. The van der Waals surface area contributed by atoms with Crippen molar-refractivity contribution in [2.75, 3.05) is 19.7 Å². The van der Waals surface area contributed by atoms with Crippen LogP contribution >= 0.6 is 11.6 Å². The Morgan fingerprint density at radius 3 is 2.65 bits per heavy atom. The van der Waals surface area contributed by atoms with Gasteiger partial charge in [-0.2, -0.15) is 0 Å². The molecule has 1 aliphatic carbocycles. The van der Waals surface area contributed by atoms with Crippen LogP contribution in [0.1, 0.15) is 37.4 Å². The van der Waals surface area contributed by atoms with E-state index in [1.165, 1.54) is 0 Å². The van der Waals surface area contributed by atoms with Crippen LogP contribution in [0.15, 0.2) is 18.2 Å². The topological polar surface area (TPSA) is 126 Å². The summed E-state index contributed by atoms with van der Waals surface area (Å²) in [5.74, 6) is -0.608. The highest BCUT2D eigenvalue weighted by molar-refractivity contribution is 6.30. The maximum absolute atomic E-state index is 12.3. The number of halogens is 4. The predicted octanol–water partition coefficient (Wildman–Crippen LogP) is 1.59. The molecule has 190 valence electrons. The SMILES string of the molecule is O=C(COC1CC(OC(F)(F)F)C1)NCC[C@H](O)CNC(=O)[C@H]1C[C@@H](O)c2cc(Cl)ccc2O1. The van der Waals surface area contributed by atoms with E-state index in [1.54, 1.807) is 18.2 Å². The lowest BCUT2D eigenvalue weighted by atomic mass is 9.92. The lowest BCUT2D eigenvalue weighted by molar-refractivity contribution is -0.357. The van der Waals surface area contributed by atoms with Crippen molar-refractivity contribution in [2.45, 2.75) is 62.6 Å². The fourth-order valence-electron chi connectivity index (χ4n) is 3.57. The second-order valence-electron chi connectivity index (χ2n) is 8.17. The second-order valence-corrected chi connectivity index (χ2v) is 8.60. The van der Waals surface area contributed by atoms with Gasteiger partial charge in [0.1, 0.15) is 12.4 Å². The molecule has 13 heteroatoms. The normalized spacial score (nSPS) is 24.9. The van der Waals surface area contributed by atoms with Crippen molar-refractivity contribution in [3.8, 4) is 5.75 Å². The Bertz CT molecular complexity index is 867. The molecule has 0 bridgehead atoms. The molecule has 0 unspecified atom stereocenters. The zero-order valence-corrected chi connectivity index (χ0v) is 18.8. The fraction of sp³-hybridized carbons (Fsp3) is 0.619. The number of carbonyl (C=O) groups excluding carboxylic acids is 2. The van der Waals surface area contributed by atoms with E-state index in [4.69, 9.17) is 21.1 Å². The smallest absolute Gasteiger partial charge is 0.480 e. The van der Waals surface area contributed by atoms with Gasteiger partial charge in [-0.1, -0.05) is 11.6 Å². The van der Waals surface area contributed by atoms with Crippen LogP contribution in [0.25, 0.3) is 0 Å². The first-order valence-corrected chi connectivity index (χ1v) is 11.1. The van der Waals surface area contributed by atoms with Gasteiger partial charge in [0.15, 0.2) is 6.10 Å². The Hall–Kier alpha value is -2.12. The number of ether oxygens (including phenoxy) is 3. The van der Waals surface area contributed by atoms with Crippen LogP contribution in [0.3, 0.4) is 0 Å². The van der Waals surface area contributed by atoms with Gasteiger partial charge in [0, 0.05) is 42.9 Å². The van der Waals surface area contributed by atoms with E-state index in [2.05, 4.69) is 15.4 Å². The average molecular weight is 511 g/mol. The van der Waals surface area contributed by atoms with E-state index in [0.717, 1.165) is 0 Å². The third-order valence-corrected chi connectivity index (χ3v) is 5.68. The zero-order valence-electron chi connectivity index (χ0n) is 18.0. The standard InChI is InChI=1S/C21H26ClF3N2O7/c22-11-1-2-17-15(5-11)16(29)8-18(33-17)20(31)27-9-12(28)3-4-26-19(30)10-32-13-6-14(7-13)34-21(23,24)25/h1-2,5,12-14,16,18,28-29H,3-4,6-10H2,(H,26,30)(H,27,31)/t12-,13?,14?,16+,18+/m0/s1. The number of nitrogens with one attached hydrogen (secondary N) is 2. The molecule has 4 N–H and O–H groups in total. The molecule has 0 radical (unpaired) electrons. The highest BCUT2D eigenvalue weighted by Crippen LogP contribution is 2.36. The maximum atomic E-state index is 12.3. The first-order valence-electron chi connectivity index (χ1n) is 10.7. The number of carbonyl (C=O) groups is 2. The highest BCUT2D eigenvalue weighted by Gasteiger charge is 2.40. The molecule has 3 atom stereocenters. The van der Waals surface area contributed by atoms with Crippen LogP contribution in [0.5, 0.6) is 5.75 Å². The predicted molar refractivity (Wildman–Crippen MR) is 112 cm³/mol. The van der Waals surface area contributed by atoms with Crippen LogP contribution < -0.4 is 15.4 Å². The number of fused-ring (bicyclic) bond motifs is 1. The van der Waals surface area contributed by atoms with Crippen molar-refractivity contribution in [2.24, 2.45) is 0 Å². The monoisotopic (exact) mass is 510 g/mol. The van der Waals surface area contributed by atoms with Crippen molar-refractivity contribution in [3.05, 3.63) is 28.8 Å². The number of aliphatic hydroxyl groups is 2. The summed E-state index contributed by atoms with van der Waals surface area (Å²) in [6.07, 6.45) is -8.59. The zero-order chi connectivity index (χ0) is 24.9. The summed E-state index contributed by atoms with van der Waals surface area (Å²) in [4.78, 5) is 24.1. The minimum Gasteiger partial charge on any atom is -0.480 e. The first-order chi connectivity index (χ1) is 16.0. The van der Waals surface area contributed by atoms with Crippen molar-refractivity contribution >= 4 is 23.4 Å². The summed E-state index contributed by atoms with van der Waals surface area (Å²) in [5.41, 5.74) is 0.503. The third-order valence-electron chi connectivity index (χ3n) is 5.44. The van der Waals surface area contributed by atoms with Gasteiger partial charge in [-0.15, -0.1) is 13.2 Å². The van der Waals surface area contributed by atoms with Crippen molar-refractivity contribution in [1.29, 1.82) is 0 Å². The van der Waals surface area contributed by atoms with Gasteiger partial charge >= 0.3 is 6.36 Å². The van der Waals surface area contributed by atoms with Crippen LogP contribution in [-0.4, -0.2) is 72.5 Å². The van der Waals surface area contributed by atoms with Crippen molar-refractivity contribution in [1.82, 2.24) is 10.6 Å². The fourth-order valence-corrected chi connectivity index (χ4v) is 3.76. The number of amides is 2. The highest BCUT2D eigenvalue weighted by atomic mass is 35.5. The molecule has 0 aromatic heterocycles. The summed E-state index contributed by atoms with van der Waals surface area (Å²) in [7, 11) is 0. The lowest BCUT2D eigenvalue weighted by Crippen LogP contribution is -2.44. The van der Waals surface area contributed by atoms with Gasteiger partial charge in [0.25, 0.3) is 5.91 Å². The Labute approximate surface area is 198 Å². The van der Waals surface area contributed by atoms with E-state index in [1.807, 2.05) is 0 Å². The lowest BCUT2D eigenvalue weighted by Gasteiger charge is -2.34. The second kappa shape index (κ2) is 11.5. The van der Waals surface area contributed by atoms with E-state index in [0.29, 0.717) is 16.3 Å². The molecule has 1 heterocycles. The molecule has 9 nitrogen and oxygen atoms in total.